The minimum atomic E-state index is -0.424. The van der Waals surface area contributed by atoms with Gasteiger partial charge in [0.15, 0.2) is 6.61 Å². The Labute approximate surface area is 155 Å². The van der Waals surface area contributed by atoms with Crippen LogP contribution in [0.2, 0.25) is 0 Å². The molecule has 1 aromatic heterocycles. The van der Waals surface area contributed by atoms with Crippen LogP contribution in [0.25, 0.3) is 11.0 Å². The van der Waals surface area contributed by atoms with E-state index in [2.05, 4.69) is 5.32 Å². The maximum atomic E-state index is 13.1. The molecule has 0 spiro atoms. The molecular formula is C21H20FNO4. The molecule has 27 heavy (non-hydrogen) atoms. The molecule has 1 amide bonds. The molecule has 3 rings (SSSR count). The largest absolute Gasteiger partial charge is 0.483 e. The topological polar surface area (TPSA) is 68.5 Å². The zero-order valence-corrected chi connectivity index (χ0v) is 15.2. The highest BCUT2D eigenvalue weighted by molar-refractivity contribution is 5.88. The molecule has 5 nitrogen and oxygen atoms in total. The Bertz CT molecular complexity index is 1040. The molecule has 0 saturated carbocycles. The van der Waals surface area contributed by atoms with E-state index in [-0.39, 0.29) is 18.3 Å². The van der Waals surface area contributed by atoms with Crippen LogP contribution in [0, 0.1) is 19.7 Å². The van der Waals surface area contributed by atoms with Crippen molar-refractivity contribution in [1.82, 2.24) is 5.32 Å². The molecule has 0 saturated heterocycles. The maximum absolute atomic E-state index is 13.1. The Kier molecular flexibility index (Phi) is 5.54. The highest BCUT2D eigenvalue weighted by Crippen LogP contribution is 2.29. The van der Waals surface area contributed by atoms with E-state index in [1.807, 2.05) is 6.92 Å². The lowest BCUT2D eigenvalue weighted by atomic mass is 10.1. The number of ether oxygens (including phenoxy) is 1. The number of aryl methyl sites for hydroxylation is 2. The van der Waals surface area contributed by atoms with Crippen molar-refractivity contribution < 1.29 is 18.3 Å². The van der Waals surface area contributed by atoms with Crippen molar-refractivity contribution in [2.45, 2.75) is 20.3 Å². The number of carbonyl (C=O) groups excluding carboxylic acids is 1. The number of carbonyl (C=O) groups is 1. The lowest BCUT2D eigenvalue weighted by molar-refractivity contribution is -0.123. The molecule has 140 valence electrons. The molecule has 0 aliphatic carbocycles. The molecule has 6 heteroatoms. The van der Waals surface area contributed by atoms with Crippen LogP contribution in [0.15, 0.2) is 51.7 Å². The summed E-state index contributed by atoms with van der Waals surface area (Å²) in [6, 6.07) is 11.2. The van der Waals surface area contributed by atoms with Gasteiger partial charge in [-0.25, -0.2) is 9.18 Å². The number of halogens is 1. The number of benzene rings is 2. The third-order valence-corrected chi connectivity index (χ3v) is 4.13. The van der Waals surface area contributed by atoms with Gasteiger partial charge in [-0.2, -0.15) is 0 Å². The summed E-state index contributed by atoms with van der Waals surface area (Å²) in [5.74, 6) is -0.0851. The van der Waals surface area contributed by atoms with E-state index in [1.54, 1.807) is 31.2 Å². The molecule has 0 unspecified atom stereocenters. The van der Waals surface area contributed by atoms with Crippen molar-refractivity contribution in [3.63, 3.8) is 0 Å². The summed E-state index contributed by atoms with van der Waals surface area (Å²) in [5, 5.41) is 3.42. The first kappa shape index (κ1) is 18.6. The quantitative estimate of drug-likeness (QED) is 0.677. The zero-order valence-electron chi connectivity index (χ0n) is 15.2. The molecule has 0 aliphatic heterocycles. The van der Waals surface area contributed by atoms with E-state index in [9.17, 15) is 14.0 Å². The van der Waals surface area contributed by atoms with Crippen LogP contribution in [0.5, 0.6) is 5.75 Å². The van der Waals surface area contributed by atoms with Gasteiger partial charge in [-0.15, -0.1) is 0 Å². The Morgan fingerprint density at radius 1 is 1.19 bits per heavy atom. The molecule has 3 aromatic rings. The predicted molar refractivity (Wildman–Crippen MR) is 101 cm³/mol. The Balaban J connectivity index is 1.62. The fourth-order valence-electron chi connectivity index (χ4n) is 2.92. The summed E-state index contributed by atoms with van der Waals surface area (Å²) in [6.07, 6.45) is 0.529. The molecule has 0 bridgehead atoms. The van der Waals surface area contributed by atoms with Gasteiger partial charge < -0.3 is 14.5 Å². The lowest BCUT2D eigenvalue weighted by Crippen LogP contribution is -2.30. The molecular weight excluding hydrogens is 349 g/mol. The molecule has 2 aromatic carbocycles. The van der Waals surface area contributed by atoms with Crippen LogP contribution in [0.3, 0.4) is 0 Å². The molecule has 1 N–H and O–H groups in total. The second kappa shape index (κ2) is 8.03. The van der Waals surface area contributed by atoms with E-state index in [0.717, 1.165) is 16.7 Å². The van der Waals surface area contributed by atoms with Gasteiger partial charge in [0.2, 0.25) is 0 Å². The molecule has 0 atom stereocenters. The molecule has 1 heterocycles. The van der Waals surface area contributed by atoms with Gasteiger partial charge in [0, 0.05) is 12.6 Å². The summed E-state index contributed by atoms with van der Waals surface area (Å²) in [4.78, 5) is 23.6. The standard InChI is InChI=1S/C21H20FNO4/c1-13-8-17(21-14(2)10-20(25)27-18(21)9-13)26-12-19(24)23-7-6-15-4-3-5-16(22)11-15/h3-5,8-11H,6-7,12H2,1-2H3,(H,23,24). The van der Waals surface area contributed by atoms with Crippen molar-refractivity contribution in [1.29, 1.82) is 0 Å². The molecule has 0 radical (unpaired) electrons. The normalized spacial score (nSPS) is 10.8. The van der Waals surface area contributed by atoms with Crippen molar-refractivity contribution in [3.8, 4) is 5.75 Å². The Morgan fingerprint density at radius 3 is 2.78 bits per heavy atom. The first-order valence-corrected chi connectivity index (χ1v) is 8.61. The van der Waals surface area contributed by atoms with Gasteiger partial charge in [0.1, 0.15) is 17.1 Å². The summed E-state index contributed by atoms with van der Waals surface area (Å²) < 4.78 is 24.0. The van der Waals surface area contributed by atoms with Gasteiger partial charge in [-0.1, -0.05) is 12.1 Å². The van der Waals surface area contributed by atoms with Crippen molar-refractivity contribution in [2.24, 2.45) is 0 Å². The van der Waals surface area contributed by atoms with Crippen molar-refractivity contribution in [3.05, 3.63) is 75.4 Å². The minimum Gasteiger partial charge on any atom is -0.483 e. The molecule has 0 fully saturated rings. The monoisotopic (exact) mass is 369 g/mol. The maximum Gasteiger partial charge on any atom is 0.336 e. The fourth-order valence-corrected chi connectivity index (χ4v) is 2.92. The average molecular weight is 369 g/mol. The highest BCUT2D eigenvalue weighted by Gasteiger charge is 2.12. The SMILES string of the molecule is Cc1cc(OCC(=O)NCCc2cccc(F)c2)c2c(C)cc(=O)oc2c1. The summed E-state index contributed by atoms with van der Waals surface area (Å²) >= 11 is 0. The van der Waals surface area contributed by atoms with Crippen LogP contribution in [0.4, 0.5) is 4.39 Å². The van der Waals surface area contributed by atoms with E-state index in [4.69, 9.17) is 9.15 Å². The van der Waals surface area contributed by atoms with Crippen LogP contribution >= 0.6 is 0 Å². The summed E-state index contributed by atoms with van der Waals surface area (Å²) in [7, 11) is 0. The minimum absolute atomic E-state index is 0.166. The second-order valence-electron chi connectivity index (χ2n) is 6.40. The second-order valence-corrected chi connectivity index (χ2v) is 6.40. The van der Waals surface area contributed by atoms with Gasteiger partial charge in [-0.05, 0) is 61.2 Å². The fraction of sp³-hybridized carbons (Fsp3) is 0.238. The number of hydrogen-bond acceptors (Lipinski definition) is 4. The van der Waals surface area contributed by atoms with Crippen LogP contribution in [-0.4, -0.2) is 19.1 Å². The van der Waals surface area contributed by atoms with Crippen molar-refractivity contribution >= 4 is 16.9 Å². The Hall–Kier alpha value is -3.15. The number of amides is 1. The highest BCUT2D eigenvalue weighted by atomic mass is 19.1. The Morgan fingerprint density at radius 2 is 2.00 bits per heavy atom. The first-order chi connectivity index (χ1) is 12.9. The third-order valence-electron chi connectivity index (χ3n) is 4.13. The van der Waals surface area contributed by atoms with Gasteiger partial charge in [-0.3, -0.25) is 4.79 Å². The van der Waals surface area contributed by atoms with Crippen LogP contribution in [-0.2, 0) is 11.2 Å². The predicted octanol–water partition coefficient (Wildman–Crippen LogP) is 3.29. The van der Waals surface area contributed by atoms with E-state index >= 15 is 0 Å². The lowest BCUT2D eigenvalue weighted by Gasteiger charge is -2.12. The summed E-state index contributed by atoms with van der Waals surface area (Å²) in [5.41, 5.74) is 2.40. The molecule has 0 aliphatic rings. The number of hydrogen-bond donors (Lipinski definition) is 1. The first-order valence-electron chi connectivity index (χ1n) is 8.61. The van der Waals surface area contributed by atoms with E-state index in [0.29, 0.717) is 29.7 Å². The van der Waals surface area contributed by atoms with Gasteiger partial charge in [0.05, 0.1) is 5.39 Å². The zero-order chi connectivity index (χ0) is 19.4. The van der Waals surface area contributed by atoms with Crippen molar-refractivity contribution in [2.75, 3.05) is 13.2 Å². The average Bonchev–Trinajstić information content (AvgIpc) is 2.59. The smallest absolute Gasteiger partial charge is 0.336 e. The van der Waals surface area contributed by atoms with Crippen LogP contribution in [0.1, 0.15) is 16.7 Å². The summed E-state index contributed by atoms with van der Waals surface area (Å²) in [6.45, 7) is 3.86. The number of fused-ring (bicyclic) bond motifs is 1. The third kappa shape index (κ3) is 4.73. The number of rotatable bonds is 6. The van der Waals surface area contributed by atoms with Crippen LogP contribution < -0.4 is 15.7 Å². The van der Waals surface area contributed by atoms with Gasteiger partial charge >= 0.3 is 5.63 Å². The number of nitrogens with one attached hydrogen (secondary N) is 1. The van der Waals surface area contributed by atoms with E-state index in [1.165, 1.54) is 18.2 Å². The van der Waals surface area contributed by atoms with Gasteiger partial charge in [0.25, 0.3) is 5.91 Å². The van der Waals surface area contributed by atoms with E-state index < -0.39 is 5.63 Å².